The molecule has 17 heavy (non-hydrogen) atoms. The molecule has 0 aliphatic rings. The van der Waals surface area contributed by atoms with Gasteiger partial charge in [0.2, 0.25) is 0 Å². The molecule has 1 heterocycles. The number of carboxylic acid groups (broad SMARTS) is 1. The fourth-order valence-electron chi connectivity index (χ4n) is 1.70. The minimum Gasteiger partial charge on any atom is -0.481 e. The first kappa shape index (κ1) is 11.6. The van der Waals surface area contributed by atoms with Crippen LogP contribution in [0.3, 0.4) is 0 Å². The van der Waals surface area contributed by atoms with Crippen molar-refractivity contribution in [3.05, 3.63) is 30.6 Å². The van der Waals surface area contributed by atoms with Crippen molar-refractivity contribution in [2.24, 2.45) is 5.41 Å². The highest BCUT2D eigenvalue weighted by molar-refractivity contribution is 5.75. The van der Waals surface area contributed by atoms with E-state index >= 15 is 0 Å². The number of aryl methyl sites for hydroxylation is 1. The zero-order valence-corrected chi connectivity index (χ0v) is 10.1. The first-order valence-electron chi connectivity index (χ1n) is 5.64. The van der Waals surface area contributed by atoms with Crippen molar-refractivity contribution in [1.29, 1.82) is 0 Å². The lowest BCUT2D eigenvalue weighted by molar-refractivity contribution is -0.147. The maximum atomic E-state index is 11.0. The number of para-hydroxylation sites is 2. The quantitative estimate of drug-likeness (QED) is 0.881. The fraction of sp³-hybridized carbons (Fsp3) is 0.385. The highest BCUT2D eigenvalue weighted by Gasteiger charge is 2.26. The molecule has 2 rings (SSSR count). The van der Waals surface area contributed by atoms with E-state index in [0.717, 1.165) is 11.0 Å². The summed E-state index contributed by atoms with van der Waals surface area (Å²) in [5.41, 5.74) is 1.29. The number of imidazole rings is 1. The van der Waals surface area contributed by atoms with Crippen LogP contribution in [0.4, 0.5) is 0 Å². The van der Waals surface area contributed by atoms with Crippen LogP contribution in [0.1, 0.15) is 20.3 Å². The molecule has 0 amide bonds. The van der Waals surface area contributed by atoms with E-state index in [0.29, 0.717) is 13.0 Å². The van der Waals surface area contributed by atoms with Crippen molar-refractivity contribution in [2.45, 2.75) is 26.8 Å². The summed E-state index contributed by atoms with van der Waals surface area (Å²) in [7, 11) is 0. The standard InChI is InChI=1S/C13H16N2O2/c1-13(2,12(16)17)7-8-15-9-14-10-5-3-4-6-11(10)15/h3-6,9H,7-8H2,1-2H3,(H,16,17). The fourth-order valence-corrected chi connectivity index (χ4v) is 1.70. The molecule has 0 saturated carbocycles. The molecule has 0 unspecified atom stereocenters. The largest absolute Gasteiger partial charge is 0.481 e. The number of carboxylic acids is 1. The van der Waals surface area contributed by atoms with E-state index in [-0.39, 0.29) is 0 Å². The molecule has 0 radical (unpaired) electrons. The van der Waals surface area contributed by atoms with Crippen molar-refractivity contribution in [1.82, 2.24) is 9.55 Å². The van der Waals surface area contributed by atoms with Crippen LogP contribution >= 0.6 is 0 Å². The predicted octanol–water partition coefficient (Wildman–Crippen LogP) is 2.54. The lowest BCUT2D eigenvalue weighted by atomic mass is 9.89. The average molecular weight is 232 g/mol. The summed E-state index contributed by atoms with van der Waals surface area (Å²) in [6.45, 7) is 4.16. The molecule has 0 spiro atoms. The number of aromatic nitrogens is 2. The Balaban J connectivity index is 2.17. The number of aliphatic carboxylic acids is 1. The molecule has 0 fully saturated rings. The topological polar surface area (TPSA) is 55.1 Å². The van der Waals surface area contributed by atoms with E-state index in [2.05, 4.69) is 4.98 Å². The van der Waals surface area contributed by atoms with Crippen LogP contribution in [0.2, 0.25) is 0 Å². The zero-order valence-electron chi connectivity index (χ0n) is 10.1. The highest BCUT2D eigenvalue weighted by Crippen LogP contribution is 2.22. The third-order valence-electron chi connectivity index (χ3n) is 3.08. The van der Waals surface area contributed by atoms with Crippen molar-refractivity contribution in [3.63, 3.8) is 0 Å². The van der Waals surface area contributed by atoms with Gasteiger partial charge in [0.15, 0.2) is 0 Å². The van der Waals surface area contributed by atoms with Gasteiger partial charge in [-0.1, -0.05) is 12.1 Å². The average Bonchev–Trinajstić information content (AvgIpc) is 2.69. The second kappa shape index (κ2) is 4.20. The van der Waals surface area contributed by atoms with Gasteiger partial charge in [0, 0.05) is 6.54 Å². The third-order valence-corrected chi connectivity index (χ3v) is 3.08. The maximum absolute atomic E-state index is 11.0. The number of benzene rings is 1. The molecule has 0 atom stereocenters. The number of hydrogen-bond donors (Lipinski definition) is 1. The highest BCUT2D eigenvalue weighted by atomic mass is 16.4. The van der Waals surface area contributed by atoms with Crippen LogP contribution in [0.5, 0.6) is 0 Å². The van der Waals surface area contributed by atoms with Crippen LogP contribution in [-0.2, 0) is 11.3 Å². The van der Waals surface area contributed by atoms with E-state index in [9.17, 15) is 4.79 Å². The van der Waals surface area contributed by atoms with Gasteiger partial charge >= 0.3 is 5.97 Å². The molecule has 1 aromatic carbocycles. The molecule has 4 heteroatoms. The third kappa shape index (κ3) is 2.30. The van der Waals surface area contributed by atoms with Crippen LogP contribution in [-0.4, -0.2) is 20.6 Å². The number of rotatable bonds is 4. The Morgan fingerprint density at radius 1 is 1.41 bits per heavy atom. The van der Waals surface area contributed by atoms with Gasteiger partial charge in [-0.3, -0.25) is 4.79 Å². The monoisotopic (exact) mass is 232 g/mol. The predicted molar refractivity (Wildman–Crippen MR) is 65.8 cm³/mol. The number of nitrogens with zero attached hydrogens (tertiary/aromatic N) is 2. The minimum absolute atomic E-state index is 0.586. The molecule has 1 aromatic heterocycles. The smallest absolute Gasteiger partial charge is 0.309 e. The summed E-state index contributed by atoms with van der Waals surface area (Å²) in [6, 6.07) is 7.86. The number of hydrogen-bond acceptors (Lipinski definition) is 2. The second-order valence-corrected chi connectivity index (χ2v) is 4.87. The van der Waals surface area contributed by atoms with Crippen molar-refractivity contribution in [3.8, 4) is 0 Å². The van der Waals surface area contributed by atoms with Gasteiger partial charge in [-0.25, -0.2) is 4.98 Å². The van der Waals surface area contributed by atoms with Crippen LogP contribution in [0, 0.1) is 5.41 Å². The lowest BCUT2D eigenvalue weighted by Crippen LogP contribution is -2.25. The Bertz CT molecular complexity index is 543. The Morgan fingerprint density at radius 3 is 2.82 bits per heavy atom. The van der Waals surface area contributed by atoms with E-state index in [1.54, 1.807) is 20.2 Å². The Morgan fingerprint density at radius 2 is 2.12 bits per heavy atom. The summed E-state index contributed by atoms with van der Waals surface area (Å²) in [6.07, 6.45) is 2.35. The molecule has 0 aliphatic heterocycles. The second-order valence-electron chi connectivity index (χ2n) is 4.87. The zero-order chi connectivity index (χ0) is 12.5. The molecule has 1 N–H and O–H groups in total. The van der Waals surface area contributed by atoms with Crippen LogP contribution in [0.25, 0.3) is 11.0 Å². The first-order valence-corrected chi connectivity index (χ1v) is 5.64. The summed E-state index contributed by atoms with van der Waals surface area (Å²) in [5, 5.41) is 9.06. The van der Waals surface area contributed by atoms with Gasteiger partial charge in [0.1, 0.15) is 0 Å². The van der Waals surface area contributed by atoms with Crippen molar-refractivity contribution in [2.75, 3.05) is 0 Å². The molecule has 90 valence electrons. The van der Waals surface area contributed by atoms with Gasteiger partial charge in [-0.15, -0.1) is 0 Å². The van der Waals surface area contributed by atoms with Crippen molar-refractivity contribution < 1.29 is 9.90 Å². The van der Waals surface area contributed by atoms with Gasteiger partial charge < -0.3 is 9.67 Å². The Labute approximate surface area is 99.9 Å². The maximum Gasteiger partial charge on any atom is 0.309 e. The van der Waals surface area contributed by atoms with Gasteiger partial charge in [-0.2, -0.15) is 0 Å². The Kier molecular flexibility index (Phi) is 2.88. The molecule has 0 saturated heterocycles. The van der Waals surface area contributed by atoms with Gasteiger partial charge in [0.25, 0.3) is 0 Å². The minimum atomic E-state index is -0.762. The normalized spacial score (nSPS) is 11.9. The molecule has 0 aliphatic carbocycles. The summed E-state index contributed by atoms with van der Waals surface area (Å²) in [4.78, 5) is 15.3. The lowest BCUT2D eigenvalue weighted by Gasteiger charge is -2.19. The first-order chi connectivity index (χ1) is 8.00. The van der Waals surface area contributed by atoms with E-state index in [1.165, 1.54) is 0 Å². The Hall–Kier alpha value is -1.84. The SMILES string of the molecule is CC(C)(CCn1cnc2ccccc21)C(=O)O. The molecule has 2 aromatic rings. The van der Waals surface area contributed by atoms with Crippen LogP contribution in [0.15, 0.2) is 30.6 Å². The number of carbonyl (C=O) groups is 1. The van der Waals surface area contributed by atoms with Gasteiger partial charge in [-0.05, 0) is 32.4 Å². The van der Waals surface area contributed by atoms with E-state index in [1.807, 2.05) is 28.8 Å². The molecular weight excluding hydrogens is 216 g/mol. The summed E-state index contributed by atoms with van der Waals surface area (Å²) in [5.74, 6) is -0.762. The van der Waals surface area contributed by atoms with E-state index in [4.69, 9.17) is 5.11 Å². The molecule has 4 nitrogen and oxygen atoms in total. The molecule has 0 bridgehead atoms. The van der Waals surface area contributed by atoms with E-state index < -0.39 is 11.4 Å². The summed E-state index contributed by atoms with van der Waals surface area (Å²) >= 11 is 0. The summed E-state index contributed by atoms with van der Waals surface area (Å²) < 4.78 is 2.00. The van der Waals surface area contributed by atoms with Crippen LogP contribution < -0.4 is 0 Å². The van der Waals surface area contributed by atoms with Crippen molar-refractivity contribution >= 4 is 17.0 Å². The van der Waals surface area contributed by atoms with Gasteiger partial charge in [0.05, 0.1) is 22.8 Å². The molecular formula is C13H16N2O2. The number of fused-ring (bicyclic) bond motifs is 1.